The van der Waals surface area contributed by atoms with Crippen molar-refractivity contribution < 1.29 is 9.84 Å². The van der Waals surface area contributed by atoms with Crippen LogP contribution in [0.1, 0.15) is 18.3 Å². The summed E-state index contributed by atoms with van der Waals surface area (Å²) in [5.74, 6) is 0.937. The average Bonchev–Trinajstić information content (AvgIpc) is 2.84. The summed E-state index contributed by atoms with van der Waals surface area (Å²) < 4.78 is 7.38. The van der Waals surface area contributed by atoms with Crippen molar-refractivity contribution in [1.82, 2.24) is 14.4 Å². The molecular weight excluding hydrogens is 244 g/mol. The molecule has 102 valence electrons. The van der Waals surface area contributed by atoms with Crippen LogP contribution in [0, 0.1) is 0 Å². The van der Waals surface area contributed by atoms with Crippen LogP contribution >= 0.6 is 0 Å². The Labute approximate surface area is 111 Å². The predicted molar refractivity (Wildman–Crippen MR) is 71.3 cm³/mol. The number of hydrogen-bond donors (Lipinski definition) is 1. The van der Waals surface area contributed by atoms with E-state index in [2.05, 4.69) is 21.8 Å². The molecule has 2 aromatic heterocycles. The first-order valence-electron chi connectivity index (χ1n) is 6.63. The van der Waals surface area contributed by atoms with Gasteiger partial charge in [-0.1, -0.05) is 6.92 Å². The minimum absolute atomic E-state index is 0.0300. The topological polar surface area (TPSA) is 62.9 Å². The number of anilines is 1. The van der Waals surface area contributed by atoms with Crippen LogP contribution in [0.2, 0.25) is 0 Å². The Morgan fingerprint density at radius 2 is 2.16 bits per heavy atom. The van der Waals surface area contributed by atoms with Gasteiger partial charge in [0.25, 0.3) is 0 Å². The second-order valence-corrected chi connectivity index (χ2v) is 4.59. The summed E-state index contributed by atoms with van der Waals surface area (Å²) in [5, 5.41) is 9.35. The molecule has 0 unspecified atom stereocenters. The van der Waals surface area contributed by atoms with Crippen molar-refractivity contribution in [3.8, 4) is 0 Å². The second kappa shape index (κ2) is 5.14. The second-order valence-electron chi connectivity index (χ2n) is 4.59. The number of aromatic nitrogens is 3. The van der Waals surface area contributed by atoms with Crippen molar-refractivity contribution >= 4 is 11.5 Å². The van der Waals surface area contributed by atoms with Gasteiger partial charge in [-0.3, -0.25) is 4.40 Å². The predicted octanol–water partition coefficient (Wildman–Crippen LogP) is 0.621. The Bertz CT molecular complexity index is 575. The van der Waals surface area contributed by atoms with E-state index in [1.807, 2.05) is 10.6 Å². The van der Waals surface area contributed by atoms with Gasteiger partial charge in [0.15, 0.2) is 5.65 Å². The van der Waals surface area contributed by atoms with Crippen molar-refractivity contribution in [1.29, 1.82) is 0 Å². The molecule has 0 atom stereocenters. The number of imidazole rings is 1. The van der Waals surface area contributed by atoms with Gasteiger partial charge < -0.3 is 14.7 Å². The molecular formula is C13H18N4O2. The van der Waals surface area contributed by atoms with Crippen molar-refractivity contribution in [2.75, 3.05) is 31.2 Å². The lowest BCUT2D eigenvalue weighted by Gasteiger charge is -2.27. The molecule has 6 heteroatoms. The van der Waals surface area contributed by atoms with E-state index < -0.39 is 0 Å². The highest BCUT2D eigenvalue weighted by molar-refractivity contribution is 5.48. The summed E-state index contributed by atoms with van der Waals surface area (Å²) in [4.78, 5) is 11.1. The average molecular weight is 262 g/mol. The summed E-state index contributed by atoms with van der Waals surface area (Å²) >= 11 is 0. The SMILES string of the molecule is CCc1c(CO)nc2cnc(N3CCOCC3)cn12. The van der Waals surface area contributed by atoms with Gasteiger partial charge in [0.05, 0.1) is 37.9 Å². The van der Waals surface area contributed by atoms with Crippen LogP contribution in [0.25, 0.3) is 5.65 Å². The molecule has 0 aromatic carbocycles. The molecule has 0 radical (unpaired) electrons. The van der Waals surface area contributed by atoms with Crippen molar-refractivity contribution in [3.63, 3.8) is 0 Å². The highest BCUT2D eigenvalue weighted by Gasteiger charge is 2.15. The van der Waals surface area contributed by atoms with Gasteiger partial charge in [0.2, 0.25) is 0 Å². The van der Waals surface area contributed by atoms with E-state index in [0.717, 1.165) is 55.6 Å². The summed E-state index contributed by atoms with van der Waals surface area (Å²) in [6, 6.07) is 0. The van der Waals surface area contributed by atoms with Crippen molar-refractivity contribution in [2.45, 2.75) is 20.0 Å². The quantitative estimate of drug-likeness (QED) is 0.878. The molecule has 1 fully saturated rings. The van der Waals surface area contributed by atoms with Crippen LogP contribution in [-0.2, 0) is 17.8 Å². The van der Waals surface area contributed by atoms with Crippen LogP contribution in [0.5, 0.6) is 0 Å². The van der Waals surface area contributed by atoms with E-state index in [-0.39, 0.29) is 6.61 Å². The van der Waals surface area contributed by atoms with Gasteiger partial charge in [0.1, 0.15) is 5.82 Å². The highest BCUT2D eigenvalue weighted by atomic mass is 16.5. The van der Waals surface area contributed by atoms with Crippen LogP contribution in [0.15, 0.2) is 12.4 Å². The number of aliphatic hydroxyl groups excluding tert-OH is 1. The molecule has 1 N–H and O–H groups in total. The van der Waals surface area contributed by atoms with Gasteiger partial charge in [0, 0.05) is 18.8 Å². The largest absolute Gasteiger partial charge is 0.390 e. The fourth-order valence-corrected chi connectivity index (χ4v) is 2.50. The number of rotatable bonds is 3. The Kier molecular flexibility index (Phi) is 3.35. The maximum Gasteiger partial charge on any atom is 0.156 e. The van der Waals surface area contributed by atoms with Gasteiger partial charge >= 0.3 is 0 Å². The summed E-state index contributed by atoms with van der Waals surface area (Å²) in [7, 11) is 0. The summed E-state index contributed by atoms with van der Waals surface area (Å²) in [6.07, 6.45) is 4.61. The Morgan fingerprint density at radius 1 is 1.37 bits per heavy atom. The van der Waals surface area contributed by atoms with Crippen LogP contribution in [-0.4, -0.2) is 45.8 Å². The zero-order valence-electron chi connectivity index (χ0n) is 11.0. The number of aliphatic hydroxyl groups is 1. The summed E-state index contributed by atoms with van der Waals surface area (Å²) in [5.41, 5.74) is 2.58. The fourth-order valence-electron chi connectivity index (χ4n) is 2.50. The smallest absolute Gasteiger partial charge is 0.156 e. The van der Waals surface area contributed by atoms with Gasteiger partial charge in [-0.2, -0.15) is 0 Å². The van der Waals surface area contributed by atoms with Gasteiger partial charge in [-0.05, 0) is 6.42 Å². The normalized spacial score (nSPS) is 16.2. The maximum absolute atomic E-state index is 9.35. The molecule has 0 bridgehead atoms. The molecule has 0 saturated carbocycles. The lowest BCUT2D eigenvalue weighted by Crippen LogP contribution is -2.36. The molecule has 0 spiro atoms. The molecule has 2 aromatic rings. The first-order valence-corrected chi connectivity index (χ1v) is 6.63. The van der Waals surface area contributed by atoms with Crippen LogP contribution < -0.4 is 4.90 Å². The molecule has 19 heavy (non-hydrogen) atoms. The number of nitrogens with zero attached hydrogens (tertiary/aromatic N) is 4. The Morgan fingerprint density at radius 3 is 2.84 bits per heavy atom. The molecule has 6 nitrogen and oxygen atoms in total. The molecule has 0 amide bonds. The van der Waals surface area contributed by atoms with E-state index in [4.69, 9.17) is 4.74 Å². The Balaban J connectivity index is 2.03. The van der Waals surface area contributed by atoms with E-state index >= 15 is 0 Å². The molecule has 3 heterocycles. The van der Waals surface area contributed by atoms with Crippen molar-refractivity contribution in [3.05, 3.63) is 23.8 Å². The molecule has 0 aliphatic carbocycles. The monoisotopic (exact) mass is 262 g/mol. The van der Waals surface area contributed by atoms with E-state index in [1.54, 1.807) is 6.20 Å². The standard InChI is InChI=1S/C13H18N4O2/c1-2-11-10(9-18)15-12-7-14-13(8-17(11)12)16-3-5-19-6-4-16/h7-8,18H,2-6,9H2,1H3. The van der Waals surface area contributed by atoms with E-state index in [1.165, 1.54) is 0 Å². The van der Waals surface area contributed by atoms with Crippen molar-refractivity contribution in [2.24, 2.45) is 0 Å². The highest BCUT2D eigenvalue weighted by Crippen LogP contribution is 2.18. The van der Waals surface area contributed by atoms with Crippen LogP contribution in [0.4, 0.5) is 5.82 Å². The van der Waals surface area contributed by atoms with E-state index in [0.29, 0.717) is 0 Å². The third kappa shape index (κ3) is 2.17. The van der Waals surface area contributed by atoms with E-state index in [9.17, 15) is 5.11 Å². The molecule has 1 aliphatic heterocycles. The molecule has 3 rings (SSSR count). The number of aryl methyl sites for hydroxylation is 1. The van der Waals surface area contributed by atoms with Crippen LogP contribution in [0.3, 0.4) is 0 Å². The zero-order valence-corrected chi connectivity index (χ0v) is 11.0. The number of ether oxygens (including phenoxy) is 1. The lowest BCUT2D eigenvalue weighted by molar-refractivity contribution is 0.122. The maximum atomic E-state index is 9.35. The van der Waals surface area contributed by atoms with Gasteiger partial charge in [-0.15, -0.1) is 0 Å². The zero-order chi connectivity index (χ0) is 13.2. The first kappa shape index (κ1) is 12.4. The minimum atomic E-state index is -0.0300. The third-order valence-corrected chi connectivity index (χ3v) is 3.50. The first-order chi connectivity index (χ1) is 9.33. The fraction of sp³-hybridized carbons (Fsp3) is 0.538. The number of hydrogen-bond acceptors (Lipinski definition) is 5. The minimum Gasteiger partial charge on any atom is -0.390 e. The number of morpholine rings is 1. The molecule has 1 saturated heterocycles. The molecule has 1 aliphatic rings. The lowest BCUT2D eigenvalue weighted by atomic mass is 10.3. The number of fused-ring (bicyclic) bond motifs is 1. The van der Waals surface area contributed by atoms with Gasteiger partial charge in [-0.25, -0.2) is 9.97 Å². The third-order valence-electron chi connectivity index (χ3n) is 3.50. The Hall–Kier alpha value is -1.66. The summed E-state index contributed by atoms with van der Waals surface area (Å²) in [6.45, 7) is 5.25.